The fraction of sp³-hybridized carbons (Fsp3) is 0.200. The van der Waals surface area contributed by atoms with E-state index >= 15 is 0 Å². The van der Waals surface area contributed by atoms with E-state index in [0.29, 0.717) is 6.61 Å². The Kier molecular flexibility index (Phi) is 5.18. The molecule has 3 aromatic rings. The molecule has 0 bridgehead atoms. The zero-order valence-electron chi connectivity index (χ0n) is 16.2. The van der Waals surface area contributed by atoms with Crippen molar-refractivity contribution >= 4 is 11.6 Å². The van der Waals surface area contributed by atoms with E-state index in [0.717, 1.165) is 39.7 Å². The number of hydrogen-bond donors (Lipinski definition) is 1. The Bertz CT molecular complexity index is 1130. The van der Waals surface area contributed by atoms with Gasteiger partial charge in [0, 0.05) is 16.4 Å². The Balaban J connectivity index is 1.79. The molecule has 0 spiro atoms. The highest BCUT2D eigenvalue weighted by Crippen LogP contribution is 2.23. The number of aliphatic hydroxyl groups is 1. The largest absolute Gasteiger partial charge is 0.491 e. The molecule has 4 rings (SSSR count). The number of rotatable bonds is 5. The smallest absolute Gasteiger partial charge is 0.142 e. The highest BCUT2D eigenvalue weighted by Gasteiger charge is 2.10. The normalized spacial score (nSPS) is 13.0. The van der Waals surface area contributed by atoms with E-state index in [1.165, 1.54) is 16.7 Å². The van der Waals surface area contributed by atoms with Crippen molar-refractivity contribution in [3.63, 3.8) is 0 Å². The van der Waals surface area contributed by atoms with Gasteiger partial charge in [-0.25, -0.2) is 0 Å². The van der Waals surface area contributed by atoms with Crippen molar-refractivity contribution in [3.05, 3.63) is 88.0 Å². The predicted molar refractivity (Wildman–Crippen MR) is 113 cm³/mol. The van der Waals surface area contributed by atoms with Crippen molar-refractivity contribution in [1.82, 2.24) is 0 Å². The first-order chi connectivity index (χ1) is 13.7. The molecule has 0 radical (unpaired) electrons. The Morgan fingerprint density at radius 2 is 1.75 bits per heavy atom. The highest BCUT2D eigenvalue weighted by atomic mass is 16.5. The fourth-order valence-electron chi connectivity index (χ4n) is 3.38. The molecule has 1 aliphatic rings. The second kappa shape index (κ2) is 7.91. The summed E-state index contributed by atoms with van der Waals surface area (Å²) < 4.78 is 11.8. The van der Waals surface area contributed by atoms with Gasteiger partial charge in [-0.3, -0.25) is 0 Å². The number of fused-ring (bicyclic) bond motifs is 1. The summed E-state index contributed by atoms with van der Waals surface area (Å²) in [5.74, 6) is 1.58. The summed E-state index contributed by atoms with van der Waals surface area (Å²) in [4.78, 5) is 0. The molecular weight excluding hydrogens is 348 g/mol. The molecule has 3 heteroatoms. The molecule has 0 saturated heterocycles. The van der Waals surface area contributed by atoms with Gasteiger partial charge in [-0.05, 0) is 67.3 Å². The van der Waals surface area contributed by atoms with E-state index in [4.69, 9.17) is 14.3 Å². The van der Waals surface area contributed by atoms with Crippen LogP contribution in [0.15, 0.2) is 65.1 Å². The molecule has 1 heterocycles. The summed E-state index contributed by atoms with van der Waals surface area (Å²) in [6.45, 7) is 4.57. The van der Waals surface area contributed by atoms with Crippen LogP contribution in [-0.4, -0.2) is 18.3 Å². The monoisotopic (exact) mass is 372 g/mol. The maximum atomic E-state index is 8.88. The zero-order valence-corrected chi connectivity index (χ0v) is 16.2. The second-order valence-electron chi connectivity index (χ2n) is 7.05. The Labute approximate surface area is 164 Å². The Morgan fingerprint density at radius 3 is 2.50 bits per heavy atom. The lowest BCUT2D eigenvalue weighted by atomic mass is 10.00. The summed E-state index contributed by atoms with van der Waals surface area (Å²) in [6, 6.07) is 16.4. The van der Waals surface area contributed by atoms with Crippen LogP contribution in [0.2, 0.25) is 0 Å². The predicted octanol–water partition coefficient (Wildman–Crippen LogP) is 3.87. The molecule has 0 unspecified atom stereocenters. The molecule has 142 valence electrons. The SMILES string of the molecule is Cc1ccc(C2=c3oc(-c4ccc(OCCO)cc4)cc3=CCC=C2)cc1C. The van der Waals surface area contributed by atoms with E-state index in [9.17, 15) is 0 Å². The van der Waals surface area contributed by atoms with Crippen LogP contribution in [0.4, 0.5) is 0 Å². The Morgan fingerprint density at radius 1 is 0.964 bits per heavy atom. The first-order valence-electron chi connectivity index (χ1n) is 9.58. The standard InChI is InChI=1S/C25H24O3/c1-17-7-8-20(15-18(17)2)23-6-4-3-5-21-16-24(28-25(21)23)19-9-11-22(12-10-19)27-14-13-26/h4-12,15-16,26H,3,13-14H2,1-2H3. The molecule has 3 nitrogen and oxygen atoms in total. The minimum atomic E-state index is 0.00705. The molecule has 1 N–H and O–H groups in total. The molecular formula is C25H24O3. The Hall–Kier alpha value is -3.04. The van der Waals surface area contributed by atoms with Crippen LogP contribution >= 0.6 is 0 Å². The van der Waals surface area contributed by atoms with Crippen LogP contribution in [-0.2, 0) is 0 Å². The number of hydrogen-bond acceptors (Lipinski definition) is 3. The van der Waals surface area contributed by atoms with Gasteiger partial charge in [-0.2, -0.15) is 0 Å². The molecule has 2 aromatic carbocycles. The number of benzene rings is 2. The van der Waals surface area contributed by atoms with Gasteiger partial charge in [-0.15, -0.1) is 0 Å². The third kappa shape index (κ3) is 3.67. The van der Waals surface area contributed by atoms with Gasteiger partial charge in [0.1, 0.15) is 23.5 Å². The van der Waals surface area contributed by atoms with Crippen LogP contribution in [0.25, 0.3) is 23.0 Å². The topological polar surface area (TPSA) is 42.6 Å². The van der Waals surface area contributed by atoms with Gasteiger partial charge in [0.2, 0.25) is 0 Å². The lowest BCUT2D eigenvalue weighted by Crippen LogP contribution is -2.21. The quantitative estimate of drug-likeness (QED) is 0.739. The lowest BCUT2D eigenvalue weighted by molar-refractivity contribution is 0.201. The maximum Gasteiger partial charge on any atom is 0.142 e. The molecule has 1 aliphatic carbocycles. The van der Waals surface area contributed by atoms with Gasteiger partial charge in [-0.1, -0.05) is 36.4 Å². The van der Waals surface area contributed by atoms with Crippen LogP contribution in [0.5, 0.6) is 5.75 Å². The van der Waals surface area contributed by atoms with E-state index in [1.54, 1.807) is 0 Å². The summed E-state index contributed by atoms with van der Waals surface area (Å²) in [7, 11) is 0. The molecule has 0 amide bonds. The van der Waals surface area contributed by atoms with Crippen LogP contribution in [0.1, 0.15) is 23.1 Å². The van der Waals surface area contributed by atoms with Gasteiger partial charge in [0.15, 0.2) is 0 Å². The number of allylic oxidation sites excluding steroid dienone is 2. The van der Waals surface area contributed by atoms with Crippen LogP contribution in [0, 0.1) is 13.8 Å². The van der Waals surface area contributed by atoms with E-state index in [-0.39, 0.29) is 6.61 Å². The van der Waals surface area contributed by atoms with Gasteiger partial charge >= 0.3 is 0 Å². The summed E-state index contributed by atoms with van der Waals surface area (Å²) >= 11 is 0. The average Bonchev–Trinajstić information content (AvgIpc) is 3.03. The molecule has 1 aromatic heterocycles. The number of aryl methyl sites for hydroxylation is 2. The van der Waals surface area contributed by atoms with Crippen molar-refractivity contribution in [2.24, 2.45) is 0 Å². The summed E-state index contributed by atoms with van der Waals surface area (Å²) in [5.41, 5.74) is 6.76. The van der Waals surface area contributed by atoms with Crippen molar-refractivity contribution < 1.29 is 14.3 Å². The van der Waals surface area contributed by atoms with Crippen LogP contribution < -0.4 is 15.4 Å². The lowest BCUT2D eigenvalue weighted by Gasteiger charge is -2.06. The third-order valence-electron chi connectivity index (χ3n) is 5.08. The molecule has 0 saturated carbocycles. The van der Waals surface area contributed by atoms with Crippen LogP contribution in [0.3, 0.4) is 0 Å². The maximum absolute atomic E-state index is 8.88. The fourth-order valence-corrected chi connectivity index (χ4v) is 3.38. The summed E-state index contributed by atoms with van der Waals surface area (Å²) in [6.07, 6.45) is 7.42. The third-order valence-corrected chi connectivity index (χ3v) is 5.08. The van der Waals surface area contributed by atoms with Crippen molar-refractivity contribution in [2.45, 2.75) is 20.3 Å². The van der Waals surface area contributed by atoms with E-state index < -0.39 is 0 Å². The number of furan rings is 1. The second-order valence-corrected chi connectivity index (χ2v) is 7.05. The zero-order chi connectivity index (χ0) is 19.5. The molecule has 28 heavy (non-hydrogen) atoms. The first kappa shape index (κ1) is 18.3. The van der Waals surface area contributed by atoms with Gasteiger partial charge in [0.05, 0.1) is 6.61 Å². The molecule has 0 fully saturated rings. The minimum absolute atomic E-state index is 0.00705. The average molecular weight is 372 g/mol. The molecule has 0 aliphatic heterocycles. The van der Waals surface area contributed by atoms with Gasteiger partial charge in [0.25, 0.3) is 0 Å². The highest BCUT2D eigenvalue weighted by molar-refractivity contribution is 5.75. The molecule has 0 atom stereocenters. The van der Waals surface area contributed by atoms with Crippen molar-refractivity contribution in [2.75, 3.05) is 13.2 Å². The first-order valence-corrected chi connectivity index (χ1v) is 9.58. The van der Waals surface area contributed by atoms with Gasteiger partial charge < -0.3 is 14.3 Å². The van der Waals surface area contributed by atoms with Crippen molar-refractivity contribution in [1.29, 1.82) is 0 Å². The van der Waals surface area contributed by atoms with E-state index in [1.807, 2.05) is 24.3 Å². The van der Waals surface area contributed by atoms with E-state index in [2.05, 4.69) is 56.3 Å². The minimum Gasteiger partial charge on any atom is -0.491 e. The number of aliphatic hydroxyl groups excluding tert-OH is 1. The number of ether oxygens (including phenoxy) is 1. The summed E-state index contributed by atoms with van der Waals surface area (Å²) in [5, 5.41) is 10.00. The van der Waals surface area contributed by atoms with Crippen molar-refractivity contribution in [3.8, 4) is 17.1 Å².